The van der Waals surface area contributed by atoms with Crippen molar-refractivity contribution >= 4 is 51.8 Å². The van der Waals surface area contributed by atoms with E-state index >= 15 is 4.39 Å². The second-order valence-electron chi connectivity index (χ2n) is 12.3. The number of benzene rings is 4. The first kappa shape index (κ1) is 32.1. The largest absolute Gasteiger partial charge is 0.494 e. The molecule has 1 saturated heterocycles. The number of fused-ring (bicyclic) bond motifs is 7. The number of ether oxygens (including phenoxy) is 1. The Labute approximate surface area is 287 Å². The Morgan fingerprint density at radius 1 is 1.10 bits per heavy atom. The van der Waals surface area contributed by atoms with E-state index in [0.29, 0.717) is 59.3 Å². The summed E-state index contributed by atoms with van der Waals surface area (Å²) in [6.07, 6.45) is 0.631. The Morgan fingerprint density at radius 2 is 1.92 bits per heavy atom. The number of likely N-dealkylation sites (tertiary alicyclic amines) is 1. The lowest BCUT2D eigenvalue weighted by molar-refractivity contribution is -0.128. The summed E-state index contributed by atoms with van der Waals surface area (Å²) in [6, 6.07) is 22.7. The van der Waals surface area contributed by atoms with E-state index < -0.39 is 29.2 Å². The first-order chi connectivity index (χ1) is 22.7. The molecule has 0 saturated carbocycles. The first-order valence-electron chi connectivity index (χ1n) is 15.5. The second-order valence-corrected chi connectivity index (χ2v) is 13.1. The Balaban J connectivity index is 0.00000364. The summed E-state index contributed by atoms with van der Waals surface area (Å²) in [4.78, 5) is 33.9. The molecule has 246 valence electrons. The molecule has 5 aromatic rings. The second kappa shape index (κ2) is 11.9. The molecule has 3 aliphatic rings. The molecule has 0 bridgehead atoms. The summed E-state index contributed by atoms with van der Waals surface area (Å²) in [5, 5.41) is 13.2. The lowest BCUT2D eigenvalue weighted by atomic mass is 9.70. The van der Waals surface area contributed by atoms with E-state index in [1.165, 1.54) is 6.07 Å². The average molecular weight is 688 g/mol. The lowest BCUT2D eigenvalue weighted by Gasteiger charge is -2.40. The van der Waals surface area contributed by atoms with E-state index in [-0.39, 0.29) is 30.0 Å². The van der Waals surface area contributed by atoms with Gasteiger partial charge in [0.2, 0.25) is 5.91 Å². The topological polar surface area (TPSA) is 96.7 Å². The maximum atomic E-state index is 16.4. The highest BCUT2D eigenvalue weighted by molar-refractivity contribution is 6.31. The molecule has 1 aromatic heterocycles. The van der Waals surface area contributed by atoms with Crippen LogP contribution in [0.25, 0.3) is 11.0 Å². The molecule has 4 aromatic carbocycles. The third-order valence-corrected chi connectivity index (χ3v) is 10.4. The number of anilines is 1. The van der Waals surface area contributed by atoms with Crippen LogP contribution < -0.4 is 10.1 Å². The minimum absolute atomic E-state index is 0. The quantitative estimate of drug-likeness (QED) is 0.187. The SMILES string of the molecule is C.CCOc1cccc(CN2[C@@H]3CCn4c(nc5cc(C(=O)O)ccc54)[C@@H]3[C@@H](c3cccc(Cl)c3F)[C@@]23C(=O)Nc2cc(Cl)ccc23)c1. The Kier molecular flexibility index (Phi) is 7.97. The number of hydrogen-bond acceptors (Lipinski definition) is 5. The van der Waals surface area contributed by atoms with E-state index in [1.807, 2.05) is 37.3 Å². The number of aromatic carboxylic acids is 1. The molecule has 0 radical (unpaired) electrons. The summed E-state index contributed by atoms with van der Waals surface area (Å²) >= 11 is 12.9. The molecule has 1 spiro atoms. The van der Waals surface area contributed by atoms with E-state index in [2.05, 4.69) is 14.8 Å². The van der Waals surface area contributed by atoms with Gasteiger partial charge in [-0.3, -0.25) is 9.69 Å². The number of carbonyl (C=O) groups excluding carboxylic acids is 1. The van der Waals surface area contributed by atoms with E-state index in [0.717, 1.165) is 16.8 Å². The molecular weight excluding hydrogens is 654 g/mol. The number of carboxylic acid groups (broad SMARTS) is 1. The van der Waals surface area contributed by atoms with Crippen LogP contribution in [-0.2, 0) is 23.4 Å². The minimum atomic E-state index is -1.37. The molecule has 3 aliphatic heterocycles. The van der Waals surface area contributed by atoms with Crippen molar-refractivity contribution in [3.05, 3.63) is 123 Å². The predicted octanol–water partition coefficient (Wildman–Crippen LogP) is 8.22. The first-order valence-corrected chi connectivity index (χ1v) is 16.2. The summed E-state index contributed by atoms with van der Waals surface area (Å²) in [7, 11) is 0. The molecule has 4 atom stereocenters. The van der Waals surface area contributed by atoms with Crippen LogP contribution in [0.1, 0.15) is 65.5 Å². The van der Waals surface area contributed by atoms with Crippen LogP contribution in [0.15, 0.2) is 78.9 Å². The number of amides is 1. The fourth-order valence-corrected chi connectivity index (χ4v) is 8.56. The van der Waals surface area contributed by atoms with Crippen molar-refractivity contribution in [1.29, 1.82) is 0 Å². The molecule has 48 heavy (non-hydrogen) atoms. The molecule has 8 nitrogen and oxygen atoms in total. The lowest BCUT2D eigenvalue weighted by Crippen LogP contribution is -2.51. The highest BCUT2D eigenvalue weighted by Crippen LogP contribution is 2.64. The van der Waals surface area contributed by atoms with Crippen LogP contribution in [0, 0.1) is 5.82 Å². The zero-order valence-electron chi connectivity index (χ0n) is 25.2. The van der Waals surface area contributed by atoms with Gasteiger partial charge in [0.25, 0.3) is 0 Å². The van der Waals surface area contributed by atoms with Gasteiger partial charge in [0.15, 0.2) is 0 Å². The molecule has 11 heteroatoms. The van der Waals surface area contributed by atoms with Crippen molar-refractivity contribution in [2.45, 2.75) is 57.3 Å². The molecule has 1 amide bonds. The predicted molar refractivity (Wildman–Crippen MR) is 184 cm³/mol. The fourth-order valence-electron chi connectivity index (χ4n) is 8.21. The zero-order valence-corrected chi connectivity index (χ0v) is 26.7. The van der Waals surface area contributed by atoms with Crippen molar-refractivity contribution in [1.82, 2.24) is 14.5 Å². The van der Waals surface area contributed by atoms with Crippen molar-refractivity contribution in [2.75, 3.05) is 11.9 Å². The highest BCUT2D eigenvalue weighted by atomic mass is 35.5. The number of carbonyl (C=O) groups is 2. The van der Waals surface area contributed by atoms with Gasteiger partial charge in [0.05, 0.1) is 28.2 Å². The van der Waals surface area contributed by atoms with Gasteiger partial charge in [-0.05, 0) is 73.0 Å². The summed E-state index contributed by atoms with van der Waals surface area (Å²) in [5.74, 6) is -1.77. The Hall–Kier alpha value is -4.44. The maximum absolute atomic E-state index is 16.4. The van der Waals surface area contributed by atoms with Gasteiger partial charge < -0.3 is 19.7 Å². The Morgan fingerprint density at radius 3 is 2.71 bits per heavy atom. The van der Waals surface area contributed by atoms with Gasteiger partial charge in [-0.25, -0.2) is 14.2 Å². The number of rotatable bonds is 6. The molecule has 8 rings (SSSR count). The monoisotopic (exact) mass is 686 g/mol. The van der Waals surface area contributed by atoms with Gasteiger partial charge in [-0.15, -0.1) is 0 Å². The summed E-state index contributed by atoms with van der Waals surface area (Å²) in [5.41, 5.74) is 2.58. The van der Waals surface area contributed by atoms with Crippen molar-refractivity contribution in [3.8, 4) is 5.75 Å². The number of nitrogens with one attached hydrogen (secondary N) is 1. The molecule has 2 N–H and O–H groups in total. The number of nitrogens with zero attached hydrogens (tertiary/aromatic N) is 3. The maximum Gasteiger partial charge on any atom is 0.335 e. The van der Waals surface area contributed by atoms with E-state index in [4.69, 9.17) is 32.9 Å². The normalized spacial score (nSPS) is 22.6. The molecular formula is C37H33Cl2FN4O4. The van der Waals surface area contributed by atoms with Crippen LogP contribution >= 0.6 is 23.2 Å². The number of imidazole rings is 1. The van der Waals surface area contributed by atoms with Crippen molar-refractivity contribution < 1.29 is 23.8 Å². The molecule has 0 aliphatic carbocycles. The van der Waals surface area contributed by atoms with Crippen molar-refractivity contribution in [3.63, 3.8) is 0 Å². The highest BCUT2D eigenvalue weighted by Gasteiger charge is 2.68. The third kappa shape index (κ3) is 4.63. The molecule has 0 unspecified atom stereocenters. The zero-order chi connectivity index (χ0) is 32.6. The molecule has 1 fully saturated rings. The van der Waals surface area contributed by atoms with Crippen LogP contribution in [-0.4, -0.2) is 44.1 Å². The standard InChI is InChI=1S/C36H29Cl2FN4O4.CH4/c1-2-47-22-6-3-5-19(15-22)18-43-29-13-14-42-28-12-9-20(34(44)45)16-27(28)40-33(42)30(29)31(23-7-4-8-25(38)32(23)39)36(43)24-11-10-21(37)17-26(24)41-35(36)46;/h3-12,15-17,29-31H,2,13-14,18H2,1H3,(H,41,46)(H,44,45);1H4/t29-,30+,31-,36+;/m1./s1. The average Bonchev–Trinajstić information content (AvgIpc) is 3.66. The number of halogens is 3. The van der Waals surface area contributed by atoms with E-state index in [1.54, 1.807) is 42.5 Å². The van der Waals surface area contributed by atoms with Crippen LogP contribution in [0.2, 0.25) is 10.0 Å². The van der Waals surface area contributed by atoms with Crippen LogP contribution in [0.4, 0.5) is 10.1 Å². The van der Waals surface area contributed by atoms with Gasteiger partial charge in [0, 0.05) is 47.2 Å². The summed E-state index contributed by atoms with van der Waals surface area (Å²) < 4.78 is 24.3. The van der Waals surface area contributed by atoms with Crippen LogP contribution in [0.3, 0.4) is 0 Å². The van der Waals surface area contributed by atoms with Crippen molar-refractivity contribution in [2.24, 2.45) is 0 Å². The Bertz CT molecular complexity index is 2120. The van der Waals surface area contributed by atoms with Crippen LogP contribution in [0.5, 0.6) is 5.75 Å². The number of hydrogen-bond donors (Lipinski definition) is 2. The van der Waals surface area contributed by atoms with Gasteiger partial charge in [0.1, 0.15) is 22.9 Å². The number of aryl methyl sites for hydroxylation is 1. The van der Waals surface area contributed by atoms with Gasteiger partial charge in [-0.2, -0.15) is 0 Å². The van der Waals surface area contributed by atoms with Gasteiger partial charge in [-0.1, -0.05) is 61.0 Å². The minimum Gasteiger partial charge on any atom is -0.494 e. The fraction of sp³-hybridized carbons (Fsp3) is 0.270. The third-order valence-electron chi connectivity index (χ3n) is 9.91. The van der Waals surface area contributed by atoms with Gasteiger partial charge >= 0.3 is 5.97 Å². The smallest absolute Gasteiger partial charge is 0.335 e. The number of carboxylic acids is 1. The number of aromatic nitrogens is 2. The molecule has 4 heterocycles. The summed E-state index contributed by atoms with van der Waals surface area (Å²) in [6.45, 7) is 3.37. The van der Waals surface area contributed by atoms with E-state index in [9.17, 15) is 14.7 Å².